The number of ether oxygens (including phenoxy) is 1. The van der Waals surface area contributed by atoms with E-state index in [4.69, 9.17) is 14.9 Å². The summed E-state index contributed by atoms with van der Waals surface area (Å²) < 4.78 is 11.7. The molecule has 0 spiro atoms. The minimum Gasteiger partial charge on any atom is -0.461 e. The van der Waals surface area contributed by atoms with Gasteiger partial charge in [-0.2, -0.15) is 0 Å². The highest BCUT2D eigenvalue weighted by Crippen LogP contribution is 2.37. The number of nitrogens with two attached hydrogens (primary N) is 1. The predicted molar refractivity (Wildman–Crippen MR) is 79.7 cm³/mol. The zero-order valence-corrected chi connectivity index (χ0v) is 13.7. The summed E-state index contributed by atoms with van der Waals surface area (Å²) in [6.45, 7) is 13.6. The Bertz CT molecular complexity index is 401. The van der Waals surface area contributed by atoms with Gasteiger partial charge >= 0.3 is 6.01 Å². The summed E-state index contributed by atoms with van der Waals surface area (Å²) in [5.41, 5.74) is 6.04. The topological polar surface area (TPSA) is 70.3 Å². The van der Waals surface area contributed by atoms with Crippen LogP contribution in [0.5, 0.6) is 6.01 Å². The molecule has 2 N–H and O–H groups in total. The Kier molecular flexibility index (Phi) is 4.92. The van der Waals surface area contributed by atoms with E-state index in [2.05, 4.69) is 43.8 Å². The third kappa shape index (κ3) is 4.79. The van der Waals surface area contributed by atoms with Gasteiger partial charge in [0, 0.05) is 0 Å². The van der Waals surface area contributed by atoms with Gasteiger partial charge in [-0.3, -0.25) is 0 Å². The molecule has 6 heteroatoms. The highest BCUT2D eigenvalue weighted by molar-refractivity contribution is 6.74. The maximum atomic E-state index is 6.18. The van der Waals surface area contributed by atoms with Crippen LogP contribution in [0.4, 0.5) is 5.69 Å². The molecule has 0 saturated carbocycles. The third-order valence-electron chi connectivity index (χ3n) is 3.40. The second-order valence-corrected chi connectivity index (χ2v) is 11.1. The molecule has 0 aliphatic rings. The second kappa shape index (κ2) is 5.88. The molecule has 0 unspecified atom stereocenters. The molecular weight excluding hydrogens is 258 g/mol. The molecule has 0 amide bonds. The van der Waals surface area contributed by atoms with Gasteiger partial charge in [-0.15, -0.1) is 0 Å². The third-order valence-corrected chi connectivity index (χ3v) is 8.00. The molecule has 0 radical (unpaired) electrons. The summed E-state index contributed by atoms with van der Waals surface area (Å²) in [4.78, 5) is 7.99. The fourth-order valence-corrected chi connectivity index (χ4v) is 2.73. The van der Waals surface area contributed by atoms with Gasteiger partial charge in [0.05, 0.1) is 24.2 Å². The second-order valence-electron chi connectivity index (χ2n) is 6.30. The zero-order valence-electron chi connectivity index (χ0n) is 12.7. The van der Waals surface area contributed by atoms with Gasteiger partial charge in [0.2, 0.25) is 0 Å². The molecule has 1 rings (SSSR count). The average molecular weight is 283 g/mol. The van der Waals surface area contributed by atoms with Gasteiger partial charge < -0.3 is 14.9 Å². The molecule has 1 atom stereocenters. The number of nitrogen functional groups attached to an aromatic ring is 1. The average Bonchev–Trinajstić information content (AvgIpc) is 2.26. The minimum atomic E-state index is -1.76. The highest BCUT2D eigenvalue weighted by atomic mass is 28.4. The van der Waals surface area contributed by atoms with Gasteiger partial charge in [0.1, 0.15) is 6.61 Å². The number of hydrogen-bond acceptors (Lipinski definition) is 5. The van der Waals surface area contributed by atoms with Gasteiger partial charge in [0.25, 0.3) is 0 Å². The summed E-state index contributed by atoms with van der Waals surface area (Å²) in [7, 11) is -1.76. The molecule has 0 fully saturated rings. The summed E-state index contributed by atoms with van der Waals surface area (Å²) in [6, 6.07) is 0.333. The van der Waals surface area contributed by atoms with Crippen molar-refractivity contribution in [3.63, 3.8) is 0 Å². The van der Waals surface area contributed by atoms with Crippen LogP contribution in [0.15, 0.2) is 12.4 Å². The van der Waals surface area contributed by atoms with Crippen molar-refractivity contribution in [3.05, 3.63) is 12.4 Å². The Morgan fingerprint density at radius 1 is 1.26 bits per heavy atom. The summed E-state index contributed by atoms with van der Waals surface area (Å²) in [5.74, 6) is 0. The van der Waals surface area contributed by atoms with Crippen molar-refractivity contribution < 1.29 is 9.16 Å². The number of rotatable bonds is 5. The Morgan fingerprint density at radius 2 is 1.79 bits per heavy atom. The number of hydrogen-bond donors (Lipinski definition) is 1. The largest absolute Gasteiger partial charge is 0.461 e. The molecule has 108 valence electrons. The van der Waals surface area contributed by atoms with E-state index >= 15 is 0 Å². The number of aromatic nitrogens is 2. The molecule has 19 heavy (non-hydrogen) atoms. The van der Waals surface area contributed by atoms with E-state index in [-0.39, 0.29) is 11.1 Å². The van der Waals surface area contributed by atoms with Crippen molar-refractivity contribution in [1.29, 1.82) is 0 Å². The first-order valence-electron chi connectivity index (χ1n) is 6.50. The summed E-state index contributed by atoms with van der Waals surface area (Å²) in [6.07, 6.45) is 3.07. The molecular formula is C13H25N3O2Si. The van der Waals surface area contributed by atoms with Crippen LogP contribution in [0.2, 0.25) is 18.1 Å². The molecule has 5 nitrogen and oxygen atoms in total. The maximum Gasteiger partial charge on any atom is 0.316 e. The standard InChI is InChI=1S/C13H25N3O2Si/c1-10(18-19(5,6)13(2,3)4)9-17-12-15-7-11(14)8-16-12/h7-8,10H,9,14H2,1-6H3/t10-/m0/s1. The first-order chi connectivity index (χ1) is 8.62. The minimum absolute atomic E-state index is 0.0158. The lowest BCUT2D eigenvalue weighted by Crippen LogP contribution is -2.44. The van der Waals surface area contributed by atoms with E-state index in [1.54, 1.807) is 0 Å². The van der Waals surface area contributed by atoms with Crippen LogP contribution < -0.4 is 10.5 Å². The van der Waals surface area contributed by atoms with E-state index in [1.165, 1.54) is 12.4 Å². The lowest BCUT2D eigenvalue weighted by molar-refractivity contribution is 0.123. The smallest absolute Gasteiger partial charge is 0.316 e. The molecule has 0 bridgehead atoms. The molecule has 1 aromatic rings. The van der Waals surface area contributed by atoms with Crippen molar-refractivity contribution in [2.75, 3.05) is 12.3 Å². The van der Waals surface area contributed by atoms with E-state index in [9.17, 15) is 0 Å². The summed E-state index contributed by atoms with van der Waals surface area (Å²) >= 11 is 0. The highest BCUT2D eigenvalue weighted by Gasteiger charge is 2.38. The Morgan fingerprint density at radius 3 is 2.26 bits per heavy atom. The monoisotopic (exact) mass is 283 g/mol. The van der Waals surface area contributed by atoms with Gasteiger partial charge in [0.15, 0.2) is 8.32 Å². The Balaban J connectivity index is 2.48. The van der Waals surface area contributed by atoms with Gasteiger partial charge in [-0.25, -0.2) is 9.97 Å². The van der Waals surface area contributed by atoms with Crippen LogP contribution in [0, 0.1) is 0 Å². The lowest BCUT2D eigenvalue weighted by Gasteiger charge is -2.38. The molecule has 0 aromatic carbocycles. The molecule has 0 aliphatic carbocycles. The molecule has 0 aliphatic heterocycles. The lowest BCUT2D eigenvalue weighted by atomic mass is 10.2. The summed E-state index contributed by atoms with van der Waals surface area (Å²) in [5, 5.41) is 0.193. The fourth-order valence-electron chi connectivity index (χ4n) is 1.31. The van der Waals surface area contributed by atoms with E-state index in [0.717, 1.165) is 0 Å². The van der Waals surface area contributed by atoms with Gasteiger partial charge in [-0.1, -0.05) is 20.8 Å². The molecule has 0 saturated heterocycles. The van der Waals surface area contributed by atoms with Crippen LogP contribution in [0.3, 0.4) is 0 Å². The van der Waals surface area contributed by atoms with Crippen LogP contribution in [-0.2, 0) is 4.43 Å². The van der Waals surface area contributed by atoms with Crippen LogP contribution in [0.25, 0.3) is 0 Å². The van der Waals surface area contributed by atoms with Crippen LogP contribution in [0.1, 0.15) is 27.7 Å². The van der Waals surface area contributed by atoms with E-state index in [1.807, 2.05) is 6.92 Å². The van der Waals surface area contributed by atoms with E-state index < -0.39 is 8.32 Å². The SMILES string of the molecule is C[C@@H](COc1ncc(N)cn1)O[Si](C)(C)C(C)(C)C. The van der Waals surface area contributed by atoms with E-state index in [0.29, 0.717) is 18.3 Å². The van der Waals surface area contributed by atoms with Crippen molar-refractivity contribution in [2.24, 2.45) is 0 Å². The quantitative estimate of drug-likeness (QED) is 0.841. The van der Waals surface area contributed by atoms with Crippen molar-refractivity contribution in [3.8, 4) is 6.01 Å². The van der Waals surface area contributed by atoms with Crippen molar-refractivity contribution >= 4 is 14.0 Å². The Hall–Kier alpha value is -1.14. The number of anilines is 1. The number of nitrogens with zero attached hydrogens (tertiary/aromatic N) is 2. The Labute approximate surface area is 116 Å². The first-order valence-corrected chi connectivity index (χ1v) is 9.41. The molecule has 1 heterocycles. The van der Waals surface area contributed by atoms with Gasteiger partial charge in [-0.05, 0) is 25.1 Å². The predicted octanol–water partition coefficient (Wildman–Crippen LogP) is 2.85. The van der Waals surface area contributed by atoms with Crippen LogP contribution >= 0.6 is 0 Å². The zero-order chi connectivity index (χ0) is 14.7. The maximum absolute atomic E-state index is 6.18. The first kappa shape index (κ1) is 15.9. The molecule has 1 aromatic heterocycles. The van der Waals surface area contributed by atoms with Crippen molar-refractivity contribution in [2.45, 2.75) is 51.9 Å². The van der Waals surface area contributed by atoms with Crippen LogP contribution in [-0.4, -0.2) is 31.0 Å². The normalized spacial score (nSPS) is 14.2. The van der Waals surface area contributed by atoms with Crippen molar-refractivity contribution in [1.82, 2.24) is 9.97 Å². The fraction of sp³-hybridized carbons (Fsp3) is 0.692.